The molecule has 0 aromatic heterocycles. The normalized spacial score (nSPS) is 29.1. The van der Waals surface area contributed by atoms with Crippen LogP contribution in [0.1, 0.15) is 54.4 Å². The predicted octanol–water partition coefficient (Wildman–Crippen LogP) is 6.77. The quantitative estimate of drug-likeness (QED) is 0.475. The highest BCUT2D eigenvalue weighted by atomic mass is 35.5. The third-order valence-electron chi connectivity index (χ3n) is 7.25. The van der Waals surface area contributed by atoms with Gasteiger partial charge in [-0.1, -0.05) is 41.4 Å². The van der Waals surface area contributed by atoms with Gasteiger partial charge in [0.15, 0.2) is 0 Å². The lowest BCUT2D eigenvalue weighted by Gasteiger charge is -2.57. The van der Waals surface area contributed by atoms with E-state index in [4.69, 9.17) is 35.8 Å². The average molecular weight is 459 g/mol. The van der Waals surface area contributed by atoms with E-state index in [2.05, 4.69) is 6.07 Å². The van der Waals surface area contributed by atoms with Gasteiger partial charge in [-0.3, -0.25) is 9.69 Å². The standard InChI is InChI=1S/C24H23Cl2NO2S/c25-18-8-17(9-19(26)10-18)22(28)27(23(29)30)21-4-2-1-3-20(21)24-11-14-5-15(12-24)7-16(6-14)13-24/h1-4,8-10,14-16H,5-7,11-13H2,(H,29,30)/p-1. The number of nitrogens with zero attached hydrogens (tertiary/aromatic N) is 1. The van der Waals surface area contributed by atoms with Crippen molar-refractivity contribution in [3.05, 3.63) is 63.6 Å². The number of imide groups is 1. The van der Waals surface area contributed by atoms with Crippen molar-refractivity contribution in [2.24, 2.45) is 17.8 Å². The molecule has 2 aromatic carbocycles. The topological polar surface area (TPSA) is 37.4 Å². The minimum Gasteiger partial charge on any atom is -0.718 e. The van der Waals surface area contributed by atoms with Crippen LogP contribution in [0.3, 0.4) is 0 Å². The molecule has 0 radical (unpaired) electrons. The molecule has 4 bridgehead atoms. The lowest BCUT2D eigenvalue weighted by Crippen LogP contribution is -2.49. The summed E-state index contributed by atoms with van der Waals surface area (Å²) in [6.45, 7) is 0. The van der Waals surface area contributed by atoms with Crippen LogP contribution in [-0.2, 0) is 18.0 Å². The minimum atomic E-state index is -0.715. The minimum absolute atomic E-state index is 0.0284. The van der Waals surface area contributed by atoms with E-state index in [0.717, 1.165) is 47.5 Å². The summed E-state index contributed by atoms with van der Waals surface area (Å²) in [7, 11) is 0. The Morgan fingerprint density at radius 2 is 1.43 bits per heavy atom. The first-order valence-corrected chi connectivity index (χ1v) is 11.6. The fourth-order valence-electron chi connectivity index (χ4n) is 6.65. The summed E-state index contributed by atoms with van der Waals surface area (Å²) in [5.74, 6) is 1.76. The van der Waals surface area contributed by atoms with Gasteiger partial charge in [0, 0.05) is 15.6 Å². The predicted molar refractivity (Wildman–Crippen MR) is 122 cm³/mol. The number of carbonyl (C=O) groups excluding carboxylic acids is 2. The Balaban J connectivity index is 1.59. The highest BCUT2D eigenvalue weighted by Crippen LogP contribution is 2.61. The highest BCUT2D eigenvalue weighted by molar-refractivity contribution is 7.77. The van der Waals surface area contributed by atoms with Crippen molar-refractivity contribution in [2.45, 2.75) is 43.9 Å². The first-order chi connectivity index (χ1) is 14.3. The maximum Gasteiger partial charge on any atom is 0.263 e. The van der Waals surface area contributed by atoms with Crippen molar-refractivity contribution < 1.29 is 9.59 Å². The number of amides is 2. The van der Waals surface area contributed by atoms with E-state index in [1.54, 1.807) is 6.07 Å². The Labute approximate surface area is 192 Å². The average Bonchev–Trinajstić information content (AvgIpc) is 2.66. The van der Waals surface area contributed by atoms with Crippen molar-refractivity contribution in [2.75, 3.05) is 4.90 Å². The number of carbonyl (C=O) groups is 2. The molecule has 2 amide bonds. The summed E-state index contributed by atoms with van der Waals surface area (Å²) < 4.78 is 0. The van der Waals surface area contributed by atoms with Crippen molar-refractivity contribution >= 4 is 52.7 Å². The molecule has 2 aromatic rings. The van der Waals surface area contributed by atoms with E-state index in [-0.39, 0.29) is 11.0 Å². The van der Waals surface area contributed by atoms with Crippen LogP contribution in [0.4, 0.5) is 10.5 Å². The number of hydrogen-bond acceptors (Lipinski definition) is 3. The van der Waals surface area contributed by atoms with Crippen molar-refractivity contribution in [1.29, 1.82) is 0 Å². The second-order valence-electron chi connectivity index (χ2n) is 9.28. The smallest absolute Gasteiger partial charge is 0.263 e. The van der Waals surface area contributed by atoms with Crippen LogP contribution in [0.25, 0.3) is 0 Å². The van der Waals surface area contributed by atoms with Crippen molar-refractivity contribution in [1.82, 2.24) is 0 Å². The van der Waals surface area contributed by atoms with E-state index in [9.17, 15) is 9.59 Å². The molecule has 0 atom stereocenters. The largest absolute Gasteiger partial charge is 0.718 e. The van der Waals surface area contributed by atoms with Crippen molar-refractivity contribution in [3.63, 3.8) is 0 Å². The van der Waals surface area contributed by atoms with E-state index in [0.29, 0.717) is 15.7 Å². The van der Waals surface area contributed by atoms with Crippen LogP contribution in [0.5, 0.6) is 0 Å². The first-order valence-electron chi connectivity index (χ1n) is 10.5. The number of halogens is 2. The highest BCUT2D eigenvalue weighted by Gasteiger charge is 2.52. The van der Waals surface area contributed by atoms with Gasteiger partial charge < -0.3 is 17.4 Å². The maximum absolute atomic E-state index is 13.4. The summed E-state index contributed by atoms with van der Waals surface area (Å²) in [5.41, 5.74) is 1.98. The molecule has 0 aliphatic heterocycles. The van der Waals surface area contributed by atoms with Gasteiger partial charge in [-0.2, -0.15) is 0 Å². The molecule has 30 heavy (non-hydrogen) atoms. The van der Waals surface area contributed by atoms with Gasteiger partial charge in [0.25, 0.3) is 5.91 Å². The molecule has 4 aliphatic carbocycles. The van der Waals surface area contributed by atoms with E-state index in [1.165, 1.54) is 31.4 Å². The molecule has 3 nitrogen and oxygen atoms in total. The Morgan fingerprint density at radius 1 is 0.900 bits per heavy atom. The van der Waals surface area contributed by atoms with Crippen LogP contribution in [0.15, 0.2) is 42.5 Å². The van der Waals surface area contributed by atoms with Crippen LogP contribution >= 0.6 is 23.2 Å². The van der Waals surface area contributed by atoms with Crippen LogP contribution in [0, 0.1) is 17.8 Å². The molecule has 0 heterocycles. The Bertz CT molecular complexity index is 982. The molecule has 4 saturated carbocycles. The third-order valence-corrected chi connectivity index (χ3v) is 7.87. The van der Waals surface area contributed by atoms with E-state index in [1.807, 2.05) is 18.2 Å². The van der Waals surface area contributed by atoms with Crippen molar-refractivity contribution in [3.8, 4) is 0 Å². The zero-order valence-electron chi connectivity index (χ0n) is 16.4. The first kappa shape index (κ1) is 20.3. The zero-order valence-corrected chi connectivity index (χ0v) is 18.8. The summed E-state index contributed by atoms with van der Waals surface area (Å²) in [4.78, 5) is 27.1. The van der Waals surface area contributed by atoms with Gasteiger partial charge in [0.1, 0.15) is 5.24 Å². The summed E-state index contributed by atoms with van der Waals surface area (Å²) >= 11 is 17.2. The molecular weight excluding hydrogens is 437 g/mol. The number of anilines is 1. The molecule has 4 aliphatic rings. The number of hydrogen-bond donors (Lipinski definition) is 0. The second kappa shape index (κ2) is 7.51. The van der Waals surface area contributed by atoms with Gasteiger partial charge in [0.2, 0.25) is 0 Å². The monoisotopic (exact) mass is 458 g/mol. The molecule has 0 unspecified atom stereocenters. The molecule has 6 heteroatoms. The lowest BCUT2D eigenvalue weighted by atomic mass is 9.48. The van der Waals surface area contributed by atoms with E-state index >= 15 is 0 Å². The van der Waals surface area contributed by atoms with Gasteiger partial charge in [-0.25, -0.2) is 0 Å². The van der Waals surface area contributed by atoms with E-state index < -0.39 is 11.1 Å². The molecule has 4 fully saturated rings. The number of benzene rings is 2. The SMILES string of the molecule is O=C([S-])N(C(=O)c1cc(Cl)cc(Cl)c1)c1ccccc1C12CC3CC(CC(C3)C1)C2. The number of para-hydroxylation sites is 1. The van der Waals surface area contributed by atoms with Gasteiger partial charge >= 0.3 is 0 Å². The maximum atomic E-state index is 13.4. The molecule has 6 rings (SSSR count). The fourth-order valence-corrected chi connectivity index (χ4v) is 7.36. The Morgan fingerprint density at radius 3 is 1.97 bits per heavy atom. The van der Waals surface area contributed by atoms with Crippen LogP contribution < -0.4 is 4.90 Å². The Kier molecular flexibility index (Phi) is 5.08. The van der Waals surface area contributed by atoms with Crippen LogP contribution in [-0.4, -0.2) is 11.1 Å². The molecule has 0 N–H and O–H groups in total. The van der Waals surface area contributed by atoms with Gasteiger partial charge in [-0.15, -0.1) is 0 Å². The van der Waals surface area contributed by atoms with Gasteiger partial charge in [-0.05, 0) is 91.5 Å². The summed E-state index contributed by atoms with van der Waals surface area (Å²) in [6, 6.07) is 12.4. The fraction of sp³-hybridized carbons (Fsp3) is 0.417. The van der Waals surface area contributed by atoms with Gasteiger partial charge in [0.05, 0.1) is 5.69 Å². The molecule has 0 spiro atoms. The lowest BCUT2D eigenvalue weighted by molar-refractivity contribution is -0.00492. The molecular formula is C24H22Cl2NO2S-. The molecule has 156 valence electrons. The van der Waals surface area contributed by atoms with Crippen LogP contribution in [0.2, 0.25) is 10.0 Å². The summed E-state index contributed by atoms with van der Waals surface area (Å²) in [6.07, 6.45) is 7.37. The number of rotatable bonds is 3. The third kappa shape index (κ3) is 3.43. The summed E-state index contributed by atoms with van der Waals surface area (Å²) in [5, 5.41) is -0.0257. The second-order valence-corrected chi connectivity index (χ2v) is 10.5. The Hall–Kier alpha value is -1.62. The zero-order chi connectivity index (χ0) is 21.0. The molecule has 0 saturated heterocycles.